The van der Waals surface area contributed by atoms with Crippen LogP contribution in [-0.2, 0) is 30.3 Å². The third kappa shape index (κ3) is 6.90. The summed E-state index contributed by atoms with van der Waals surface area (Å²) in [4.78, 5) is 43.7. The molecule has 1 aromatic carbocycles. The molecule has 0 aliphatic carbocycles. The van der Waals surface area contributed by atoms with Crippen LogP contribution in [0, 0.1) is 0 Å². The van der Waals surface area contributed by atoms with E-state index in [1.165, 1.54) is 0 Å². The maximum Gasteiger partial charge on any atom is 0.407 e. The molecular weight excluding hydrogens is 478 g/mol. The van der Waals surface area contributed by atoms with Gasteiger partial charge in [-0.15, -0.1) is 0 Å². The largest absolute Gasteiger partial charge is 0.464 e. The number of rotatable bonds is 9. The molecule has 0 saturated carbocycles. The molecule has 1 N–H and O–H groups in total. The van der Waals surface area contributed by atoms with Gasteiger partial charge in [0.25, 0.3) is 0 Å². The summed E-state index contributed by atoms with van der Waals surface area (Å²) in [6.07, 6.45) is 2.01. The number of amides is 1. The topological polar surface area (TPSA) is 116 Å². The van der Waals surface area contributed by atoms with Gasteiger partial charge in [0, 0.05) is 19.2 Å². The minimum Gasteiger partial charge on any atom is -0.464 e. The minimum atomic E-state index is -1.53. The van der Waals surface area contributed by atoms with Gasteiger partial charge in [0.15, 0.2) is 0 Å². The van der Waals surface area contributed by atoms with Crippen molar-refractivity contribution >= 4 is 23.7 Å². The van der Waals surface area contributed by atoms with E-state index in [2.05, 4.69) is 10.3 Å². The summed E-state index contributed by atoms with van der Waals surface area (Å²) < 4.78 is 21.6. The molecule has 1 aromatic heterocycles. The van der Waals surface area contributed by atoms with Crippen molar-refractivity contribution in [2.45, 2.75) is 65.1 Å². The lowest BCUT2D eigenvalue weighted by Gasteiger charge is -2.35. The van der Waals surface area contributed by atoms with Crippen LogP contribution in [0.15, 0.2) is 42.6 Å². The van der Waals surface area contributed by atoms with Gasteiger partial charge in [0.1, 0.15) is 11.4 Å². The molecule has 200 valence electrons. The fourth-order valence-electron chi connectivity index (χ4n) is 4.05. The number of benzene rings is 1. The fraction of sp³-hybridized carbons (Fsp3) is 0.481. The predicted octanol–water partition coefficient (Wildman–Crippen LogP) is 4.36. The van der Waals surface area contributed by atoms with E-state index in [-0.39, 0.29) is 13.2 Å². The van der Waals surface area contributed by atoms with Crippen molar-refractivity contribution in [1.82, 2.24) is 10.3 Å². The van der Waals surface area contributed by atoms with Gasteiger partial charge in [-0.05, 0) is 71.2 Å². The molecule has 0 spiro atoms. The zero-order chi connectivity index (χ0) is 27.1. The summed E-state index contributed by atoms with van der Waals surface area (Å²) in [5, 5.41) is 2.71. The van der Waals surface area contributed by atoms with Crippen LogP contribution in [0.5, 0.6) is 11.6 Å². The SMILES string of the molecule is CCOC(=O)C1(C(=O)OCC)CCCN1c1ccc(Oc2ccc(CNC(=O)OC(C)(C)C)cc2)nc1. The van der Waals surface area contributed by atoms with Gasteiger partial charge < -0.3 is 29.2 Å². The maximum absolute atomic E-state index is 12.9. The molecule has 1 amide bonds. The zero-order valence-electron chi connectivity index (χ0n) is 22.0. The number of alkyl carbamates (subject to hydrolysis) is 1. The lowest BCUT2D eigenvalue weighted by Crippen LogP contribution is -2.58. The average Bonchev–Trinajstić information content (AvgIpc) is 3.30. The molecule has 2 aromatic rings. The number of carbonyl (C=O) groups is 3. The Bertz CT molecular complexity index is 1060. The number of carbonyl (C=O) groups excluding carboxylic acids is 3. The Morgan fingerprint density at radius 1 is 1.00 bits per heavy atom. The highest BCUT2D eigenvalue weighted by molar-refractivity contribution is 6.09. The first-order valence-electron chi connectivity index (χ1n) is 12.4. The Morgan fingerprint density at radius 3 is 2.19 bits per heavy atom. The molecular formula is C27H35N3O7. The van der Waals surface area contributed by atoms with E-state index in [4.69, 9.17) is 18.9 Å². The highest BCUT2D eigenvalue weighted by atomic mass is 16.6. The Balaban J connectivity index is 1.67. The van der Waals surface area contributed by atoms with Crippen molar-refractivity contribution in [1.29, 1.82) is 0 Å². The van der Waals surface area contributed by atoms with Gasteiger partial charge in [-0.25, -0.2) is 19.4 Å². The summed E-state index contributed by atoms with van der Waals surface area (Å²) in [5.74, 6) is -0.324. The summed E-state index contributed by atoms with van der Waals surface area (Å²) >= 11 is 0. The summed E-state index contributed by atoms with van der Waals surface area (Å²) in [6, 6.07) is 10.6. The minimum absolute atomic E-state index is 0.161. The molecule has 10 heteroatoms. The summed E-state index contributed by atoms with van der Waals surface area (Å²) in [5.41, 5.74) is -0.614. The molecule has 1 saturated heterocycles. The van der Waals surface area contributed by atoms with Crippen molar-refractivity contribution < 1.29 is 33.3 Å². The molecule has 3 rings (SSSR count). The van der Waals surface area contributed by atoms with Crippen LogP contribution in [0.3, 0.4) is 0 Å². The summed E-state index contributed by atoms with van der Waals surface area (Å²) in [7, 11) is 0. The molecule has 1 aliphatic rings. The number of pyridine rings is 1. The van der Waals surface area contributed by atoms with Crippen LogP contribution in [-0.4, -0.2) is 53.9 Å². The standard InChI is InChI=1S/C27H35N3O7/c1-6-34-23(31)27(24(32)35-7-2)15-8-16-30(27)20-11-14-22(28-18-20)36-21-12-9-19(10-13-21)17-29-25(33)37-26(3,4)5/h9-14,18H,6-8,15-17H2,1-5H3,(H,29,33). The van der Waals surface area contributed by atoms with Gasteiger partial charge in [0.2, 0.25) is 11.4 Å². The predicted molar refractivity (Wildman–Crippen MR) is 136 cm³/mol. The quantitative estimate of drug-likeness (QED) is 0.296. The Kier molecular flexibility index (Phi) is 8.96. The van der Waals surface area contributed by atoms with E-state index in [1.54, 1.807) is 49.2 Å². The zero-order valence-corrected chi connectivity index (χ0v) is 22.0. The van der Waals surface area contributed by atoms with E-state index in [0.717, 1.165) is 5.56 Å². The normalized spacial score (nSPS) is 14.6. The third-order valence-corrected chi connectivity index (χ3v) is 5.62. The fourth-order valence-corrected chi connectivity index (χ4v) is 4.05. The molecule has 1 fully saturated rings. The second-order valence-electron chi connectivity index (χ2n) is 9.51. The Labute approximate surface area is 217 Å². The molecule has 0 atom stereocenters. The number of hydrogen-bond donors (Lipinski definition) is 1. The van der Waals surface area contributed by atoms with Gasteiger partial charge in [-0.3, -0.25) is 0 Å². The summed E-state index contributed by atoms with van der Waals surface area (Å²) in [6.45, 7) is 9.95. The number of nitrogens with zero attached hydrogens (tertiary/aromatic N) is 2. The molecule has 37 heavy (non-hydrogen) atoms. The lowest BCUT2D eigenvalue weighted by molar-refractivity contribution is -0.163. The molecule has 2 heterocycles. The first-order chi connectivity index (χ1) is 17.6. The van der Waals surface area contributed by atoms with Gasteiger partial charge in [-0.2, -0.15) is 0 Å². The first-order valence-corrected chi connectivity index (χ1v) is 12.4. The van der Waals surface area contributed by atoms with Crippen molar-refractivity contribution in [3.63, 3.8) is 0 Å². The molecule has 0 bridgehead atoms. The monoisotopic (exact) mass is 513 g/mol. The van der Waals surface area contributed by atoms with E-state index in [9.17, 15) is 14.4 Å². The first kappa shape index (κ1) is 27.8. The third-order valence-electron chi connectivity index (χ3n) is 5.62. The highest BCUT2D eigenvalue weighted by Gasteiger charge is 2.56. The molecule has 0 radical (unpaired) electrons. The van der Waals surface area contributed by atoms with Crippen molar-refractivity contribution in [3.05, 3.63) is 48.2 Å². The maximum atomic E-state index is 12.9. The number of nitrogens with one attached hydrogen (secondary N) is 1. The second kappa shape index (κ2) is 11.9. The number of anilines is 1. The van der Waals surface area contributed by atoms with E-state index < -0.39 is 29.2 Å². The van der Waals surface area contributed by atoms with Crippen LogP contribution in [0.25, 0.3) is 0 Å². The van der Waals surface area contributed by atoms with Crippen molar-refractivity contribution in [2.24, 2.45) is 0 Å². The average molecular weight is 514 g/mol. The van der Waals surface area contributed by atoms with Crippen LogP contribution >= 0.6 is 0 Å². The molecule has 10 nitrogen and oxygen atoms in total. The van der Waals surface area contributed by atoms with Gasteiger partial charge in [-0.1, -0.05) is 12.1 Å². The van der Waals surface area contributed by atoms with Gasteiger partial charge >= 0.3 is 18.0 Å². The molecule has 0 unspecified atom stereocenters. The van der Waals surface area contributed by atoms with E-state index in [1.807, 2.05) is 32.9 Å². The van der Waals surface area contributed by atoms with Crippen LogP contribution in [0.2, 0.25) is 0 Å². The van der Waals surface area contributed by atoms with Crippen molar-refractivity contribution in [2.75, 3.05) is 24.7 Å². The van der Waals surface area contributed by atoms with Crippen LogP contribution in [0.1, 0.15) is 53.0 Å². The van der Waals surface area contributed by atoms with Crippen LogP contribution in [0.4, 0.5) is 10.5 Å². The van der Waals surface area contributed by atoms with E-state index in [0.29, 0.717) is 43.2 Å². The second-order valence-corrected chi connectivity index (χ2v) is 9.51. The highest BCUT2D eigenvalue weighted by Crippen LogP contribution is 2.37. The Hall–Kier alpha value is -3.82. The number of aromatic nitrogens is 1. The number of hydrogen-bond acceptors (Lipinski definition) is 9. The lowest BCUT2D eigenvalue weighted by atomic mass is 9.95. The van der Waals surface area contributed by atoms with Gasteiger partial charge in [0.05, 0.1) is 25.1 Å². The Morgan fingerprint density at radius 2 is 1.65 bits per heavy atom. The molecule has 1 aliphatic heterocycles. The number of ether oxygens (including phenoxy) is 4. The van der Waals surface area contributed by atoms with E-state index >= 15 is 0 Å². The smallest absolute Gasteiger partial charge is 0.407 e. The van der Waals surface area contributed by atoms with Crippen molar-refractivity contribution in [3.8, 4) is 11.6 Å². The number of esters is 2. The van der Waals surface area contributed by atoms with Crippen LogP contribution < -0.4 is 15.0 Å².